The van der Waals surface area contributed by atoms with E-state index < -0.39 is 12.1 Å². The average Bonchev–Trinajstić information content (AvgIpc) is 2.82. The van der Waals surface area contributed by atoms with Gasteiger partial charge >= 0.3 is 6.18 Å². The second kappa shape index (κ2) is 8.86. The zero-order chi connectivity index (χ0) is 17.0. The molecule has 1 heterocycles. The lowest BCUT2D eigenvalue weighted by atomic mass is 9.85. The maximum Gasteiger partial charge on any atom is 0.391 e. The van der Waals surface area contributed by atoms with Gasteiger partial charge in [0.2, 0.25) is 0 Å². The van der Waals surface area contributed by atoms with Gasteiger partial charge in [-0.15, -0.1) is 34.2 Å². The molecule has 24 heavy (non-hydrogen) atoms. The fraction of sp³-hybridized carbons (Fsp3) is 0.786. The van der Waals surface area contributed by atoms with Crippen LogP contribution < -0.4 is 10.6 Å². The molecule has 2 rings (SSSR count). The van der Waals surface area contributed by atoms with Crippen LogP contribution in [0.3, 0.4) is 0 Å². The third kappa shape index (κ3) is 5.49. The molecule has 0 aliphatic heterocycles. The molecule has 0 bridgehead atoms. The first-order valence-corrected chi connectivity index (χ1v) is 7.70. The van der Waals surface area contributed by atoms with E-state index in [0.29, 0.717) is 25.3 Å². The Morgan fingerprint density at radius 1 is 1.25 bits per heavy atom. The van der Waals surface area contributed by atoms with Crippen LogP contribution in [-0.4, -0.2) is 40.0 Å². The van der Waals surface area contributed by atoms with Crippen molar-refractivity contribution >= 4 is 29.9 Å². The van der Waals surface area contributed by atoms with E-state index in [2.05, 4.69) is 25.8 Å². The number of aryl methyl sites for hydroxylation is 1. The van der Waals surface area contributed by atoms with Gasteiger partial charge in [0.15, 0.2) is 11.8 Å². The van der Waals surface area contributed by atoms with Gasteiger partial charge in [0.1, 0.15) is 5.82 Å². The van der Waals surface area contributed by atoms with Crippen molar-refractivity contribution in [2.45, 2.75) is 51.4 Å². The molecule has 1 aromatic rings. The number of hydrogen-bond acceptors (Lipinski definition) is 3. The Kier molecular flexibility index (Phi) is 7.74. The molecule has 0 spiro atoms. The number of hydrogen-bond donors (Lipinski definition) is 2. The smallest absolute Gasteiger partial charge is 0.354 e. The first kappa shape index (κ1) is 21.0. The van der Waals surface area contributed by atoms with E-state index in [0.717, 1.165) is 11.6 Å². The number of halogens is 4. The number of aliphatic imine (C=N–C) groups is 1. The molecule has 6 nitrogen and oxygen atoms in total. The van der Waals surface area contributed by atoms with E-state index in [9.17, 15) is 13.2 Å². The van der Waals surface area contributed by atoms with Crippen molar-refractivity contribution in [3.05, 3.63) is 11.6 Å². The van der Waals surface area contributed by atoms with Gasteiger partial charge in [-0.05, 0) is 32.6 Å². The van der Waals surface area contributed by atoms with Crippen molar-refractivity contribution in [1.29, 1.82) is 0 Å². The lowest BCUT2D eigenvalue weighted by Crippen LogP contribution is -2.45. The van der Waals surface area contributed by atoms with Crippen molar-refractivity contribution in [1.82, 2.24) is 25.4 Å². The molecule has 0 saturated heterocycles. The van der Waals surface area contributed by atoms with E-state index in [1.807, 2.05) is 18.5 Å². The van der Waals surface area contributed by atoms with E-state index in [4.69, 9.17) is 0 Å². The molecule has 0 amide bonds. The zero-order valence-electron chi connectivity index (χ0n) is 14.0. The van der Waals surface area contributed by atoms with Crippen LogP contribution in [-0.2, 0) is 13.6 Å². The summed E-state index contributed by atoms with van der Waals surface area (Å²) in [5.74, 6) is 0.986. The predicted octanol–water partition coefficient (Wildman–Crippen LogP) is 2.53. The van der Waals surface area contributed by atoms with Gasteiger partial charge in [-0.3, -0.25) is 4.99 Å². The first-order valence-electron chi connectivity index (χ1n) is 7.70. The fourth-order valence-electron chi connectivity index (χ4n) is 2.72. The molecule has 0 unspecified atom stereocenters. The van der Waals surface area contributed by atoms with Crippen LogP contribution in [0.5, 0.6) is 0 Å². The zero-order valence-corrected chi connectivity index (χ0v) is 16.4. The normalized spacial score (nSPS) is 22.0. The molecule has 1 aliphatic carbocycles. The maximum absolute atomic E-state index is 12.7. The van der Waals surface area contributed by atoms with Crippen LogP contribution in [0, 0.1) is 12.8 Å². The molecule has 0 radical (unpaired) electrons. The minimum atomic E-state index is -4.08. The van der Waals surface area contributed by atoms with Crippen LogP contribution in [0.25, 0.3) is 0 Å². The molecular weight excluding hydrogens is 436 g/mol. The molecule has 0 aromatic carbocycles. The Morgan fingerprint density at radius 3 is 2.33 bits per heavy atom. The van der Waals surface area contributed by atoms with Gasteiger partial charge in [-0.2, -0.15) is 13.2 Å². The monoisotopic (exact) mass is 460 g/mol. The second-order valence-electron chi connectivity index (χ2n) is 5.88. The quantitative estimate of drug-likeness (QED) is 0.414. The third-order valence-corrected chi connectivity index (χ3v) is 4.35. The van der Waals surface area contributed by atoms with E-state index in [1.165, 1.54) is 0 Å². The number of guanidine groups is 1. The highest BCUT2D eigenvalue weighted by Crippen LogP contribution is 2.37. The number of aromatic nitrogens is 3. The first-order chi connectivity index (χ1) is 10.8. The van der Waals surface area contributed by atoms with E-state index in [-0.39, 0.29) is 42.9 Å². The molecule has 1 saturated carbocycles. The van der Waals surface area contributed by atoms with Crippen molar-refractivity contribution in [3.8, 4) is 0 Å². The minimum Gasteiger partial charge on any atom is -0.354 e. The Labute approximate surface area is 156 Å². The van der Waals surface area contributed by atoms with Crippen molar-refractivity contribution in [2.75, 3.05) is 7.05 Å². The summed E-state index contributed by atoms with van der Waals surface area (Å²) < 4.78 is 39.9. The van der Waals surface area contributed by atoms with Crippen LogP contribution in [0.4, 0.5) is 13.2 Å². The van der Waals surface area contributed by atoms with Gasteiger partial charge in [0, 0.05) is 20.1 Å². The standard InChI is InChI=1S/C14H23F3N6.HI/c1-9-21-22-12(23(9)3)8-19-13(18-2)20-11-6-4-10(5-7-11)14(15,16)17;/h10-11H,4-8H2,1-3H3,(H2,18,19,20);1H. The van der Waals surface area contributed by atoms with Crippen molar-refractivity contribution in [3.63, 3.8) is 0 Å². The molecule has 1 fully saturated rings. The number of nitrogens with zero attached hydrogens (tertiary/aromatic N) is 4. The number of rotatable bonds is 3. The Hall–Kier alpha value is -1.07. The van der Waals surface area contributed by atoms with Gasteiger partial charge in [-0.25, -0.2) is 0 Å². The lowest BCUT2D eigenvalue weighted by molar-refractivity contribution is -0.182. The summed E-state index contributed by atoms with van der Waals surface area (Å²) in [5.41, 5.74) is 0. The highest BCUT2D eigenvalue weighted by Gasteiger charge is 2.41. The van der Waals surface area contributed by atoms with E-state index in [1.54, 1.807) is 7.05 Å². The Balaban J connectivity index is 0.00000288. The number of alkyl halides is 3. The summed E-state index contributed by atoms with van der Waals surface area (Å²) in [4.78, 5) is 4.12. The fourth-order valence-corrected chi connectivity index (χ4v) is 2.72. The molecule has 1 aliphatic rings. The lowest BCUT2D eigenvalue weighted by Gasteiger charge is -2.31. The molecule has 10 heteroatoms. The van der Waals surface area contributed by atoms with Gasteiger partial charge < -0.3 is 15.2 Å². The average molecular weight is 460 g/mol. The van der Waals surface area contributed by atoms with Gasteiger partial charge in [0.05, 0.1) is 12.5 Å². The molecule has 1 aromatic heterocycles. The van der Waals surface area contributed by atoms with E-state index >= 15 is 0 Å². The largest absolute Gasteiger partial charge is 0.391 e. The summed E-state index contributed by atoms with van der Waals surface area (Å²) in [6, 6.07) is 0.0148. The summed E-state index contributed by atoms with van der Waals surface area (Å²) >= 11 is 0. The summed E-state index contributed by atoms with van der Waals surface area (Å²) in [5, 5.41) is 14.3. The van der Waals surface area contributed by atoms with Crippen LogP contribution in [0.1, 0.15) is 37.3 Å². The Morgan fingerprint density at radius 2 is 1.88 bits per heavy atom. The molecular formula is C14H24F3IN6. The summed E-state index contributed by atoms with van der Waals surface area (Å²) in [7, 11) is 3.51. The molecule has 2 N–H and O–H groups in total. The van der Waals surface area contributed by atoms with Gasteiger partial charge in [0.25, 0.3) is 0 Å². The highest BCUT2D eigenvalue weighted by atomic mass is 127. The van der Waals surface area contributed by atoms with Crippen molar-refractivity contribution < 1.29 is 13.2 Å². The van der Waals surface area contributed by atoms with Crippen LogP contribution in [0.2, 0.25) is 0 Å². The molecule has 0 atom stereocenters. The molecule has 138 valence electrons. The minimum absolute atomic E-state index is 0. The topological polar surface area (TPSA) is 67.1 Å². The second-order valence-corrected chi connectivity index (χ2v) is 5.88. The number of nitrogens with one attached hydrogen (secondary N) is 2. The SMILES string of the molecule is CN=C(NCc1nnc(C)n1C)NC1CCC(C(F)(F)F)CC1.I. The van der Waals surface area contributed by atoms with Crippen LogP contribution >= 0.6 is 24.0 Å². The Bertz CT molecular complexity index is 549. The van der Waals surface area contributed by atoms with Crippen molar-refractivity contribution in [2.24, 2.45) is 18.0 Å². The predicted molar refractivity (Wildman–Crippen MR) is 96.3 cm³/mol. The highest BCUT2D eigenvalue weighted by molar-refractivity contribution is 14.0. The summed E-state index contributed by atoms with van der Waals surface area (Å²) in [6.45, 7) is 2.32. The third-order valence-electron chi connectivity index (χ3n) is 4.35. The van der Waals surface area contributed by atoms with Crippen LogP contribution in [0.15, 0.2) is 4.99 Å². The maximum atomic E-state index is 12.7. The summed E-state index contributed by atoms with van der Waals surface area (Å²) in [6.07, 6.45) is -2.75. The van der Waals surface area contributed by atoms with Gasteiger partial charge in [-0.1, -0.05) is 0 Å².